The summed E-state index contributed by atoms with van der Waals surface area (Å²) in [5, 5.41) is 15.1. The van der Waals surface area contributed by atoms with E-state index in [1.807, 2.05) is 30.3 Å². The molecule has 0 aliphatic rings. The van der Waals surface area contributed by atoms with Crippen molar-refractivity contribution in [2.45, 2.75) is 19.8 Å². The molecule has 0 radical (unpaired) electrons. The first-order chi connectivity index (χ1) is 9.38. The molecule has 1 aromatic carbocycles. The highest BCUT2D eigenvalue weighted by molar-refractivity contribution is 5.87. The fourth-order valence-corrected chi connectivity index (χ4v) is 1.76. The first-order valence-electron chi connectivity index (χ1n) is 6.41. The van der Waals surface area contributed by atoms with E-state index >= 15 is 0 Å². The van der Waals surface area contributed by atoms with Crippen LogP contribution in [-0.4, -0.2) is 30.0 Å². The molecular weight excluding hydrogens is 256 g/mol. The number of nitrogens with one attached hydrogen (secondary N) is 1. The second-order valence-corrected chi connectivity index (χ2v) is 5.37. The summed E-state index contributed by atoms with van der Waals surface area (Å²) in [5.74, 6) is -0.504. The molecule has 0 aliphatic heterocycles. The van der Waals surface area contributed by atoms with Gasteiger partial charge in [-0.3, -0.25) is 4.79 Å². The zero-order valence-corrected chi connectivity index (χ0v) is 11.8. The van der Waals surface area contributed by atoms with Gasteiger partial charge in [0.2, 0.25) is 5.91 Å². The van der Waals surface area contributed by atoms with Crippen molar-refractivity contribution in [2.24, 2.45) is 22.0 Å². The Morgan fingerprint density at radius 1 is 1.35 bits per heavy atom. The first-order valence-corrected chi connectivity index (χ1v) is 6.41. The molecule has 1 amide bonds. The van der Waals surface area contributed by atoms with Crippen LogP contribution in [0.1, 0.15) is 25.3 Å². The molecule has 0 aromatic heterocycles. The van der Waals surface area contributed by atoms with E-state index in [0.29, 0.717) is 13.1 Å². The molecule has 110 valence electrons. The topological polar surface area (TPSA) is 114 Å². The van der Waals surface area contributed by atoms with Crippen LogP contribution in [0.5, 0.6) is 0 Å². The molecule has 0 saturated carbocycles. The Morgan fingerprint density at radius 2 is 1.95 bits per heavy atom. The molecule has 6 nitrogen and oxygen atoms in total. The third-order valence-electron chi connectivity index (χ3n) is 3.26. The summed E-state index contributed by atoms with van der Waals surface area (Å²) in [5.41, 5.74) is 11.3. The van der Waals surface area contributed by atoms with E-state index < -0.39 is 5.41 Å². The van der Waals surface area contributed by atoms with E-state index in [-0.39, 0.29) is 17.7 Å². The smallest absolute Gasteiger partial charge is 0.224 e. The van der Waals surface area contributed by atoms with Crippen molar-refractivity contribution in [1.82, 2.24) is 5.32 Å². The highest BCUT2D eigenvalue weighted by Crippen LogP contribution is 2.16. The van der Waals surface area contributed by atoms with Crippen LogP contribution in [0.25, 0.3) is 0 Å². The Balaban J connectivity index is 2.71. The highest BCUT2D eigenvalue weighted by Gasteiger charge is 2.25. The van der Waals surface area contributed by atoms with Gasteiger partial charge in [0.25, 0.3) is 0 Å². The standard InChI is InChI=1S/C14H22N4O2/c1-14(2,13(16)19)9-17-8-11(12(15)18-20)10-6-4-3-5-7-10/h3-7,11,17,20H,8-9H2,1-2H3,(H2,15,18)(H2,16,19). The van der Waals surface area contributed by atoms with Gasteiger partial charge >= 0.3 is 0 Å². The normalized spacial score (nSPS) is 14.0. The largest absolute Gasteiger partial charge is 0.409 e. The van der Waals surface area contributed by atoms with Crippen LogP contribution >= 0.6 is 0 Å². The summed E-state index contributed by atoms with van der Waals surface area (Å²) in [4.78, 5) is 11.3. The van der Waals surface area contributed by atoms with Crippen LogP contribution in [0, 0.1) is 5.41 Å². The Morgan fingerprint density at radius 3 is 2.45 bits per heavy atom. The van der Waals surface area contributed by atoms with Crippen LogP contribution in [0.2, 0.25) is 0 Å². The van der Waals surface area contributed by atoms with Gasteiger partial charge < -0.3 is 22.0 Å². The van der Waals surface area contributed by atoms with Crippen LogP contribution in [0.15, 0.2) is 35.5 Å². The molecule has 1 rings (SSSR count). The van der Waals surface area contributed by atoms with Crippen molar-refractivity contribution in [3.63, 3.8) is 0 Å². The summed E-state index contributed by atoms with van der Waals surface area (Å²) in [6.07, 6.45) is 0. The Labute approximate surface area is 118 Å². The van der Waals surface area contributed by atoms with Crippen molar-refractivity contribution < 1.29 is 10.0 Å². The van der Waals surface area contributed by atoms with Crippen molar-refractivity contribution in [2.75, 3.05) is 13.1 Å². The molecule has 0 bridgehead atoms. The van der Waals surface area contributed by atoms with Gasteiger partial charge in [-0.2, -0.15) is 0 Å². The van der Waals surface area contributed by atoms with Gasteiger partial charge in [-0.15, -0.1) is 0 Å². The number of hydrogen-bond donors (Lipinski definition) is 4. The molecule has 0 saturated heterocycles. The zero-order chi connectivity index (χ0) is 15.2. The number of rotatable bonds is 7. The molecule has 1 atom stereocenters. The number of oxime groups is 1. The number of amides is 1. The molecular formula is C14H22N4O2. The summed E-state index contributed by atoms with van der Waals surface area (Å²) in [6.45, 7) is 4.41. The van der Waals surface area contributed by atoms with E-state index in [4.69, 9.17) is 16.7 Å². The lowest BCUT2D eigenvalue weighted by Crippen LogP contribution is -2.42. The molecule has 0 aliphatic carbocycles. The van der Waals surface area contributed by atoms with Crippen LogP contribution in [-0.2, 0) is 4.79 Å². The summed E-state index contributed by atoms with van der Waals surface area (Å²) in [6, 6.07) is 9.49. The maximum absolute atomic E-state index is 11.3. The minimum Gasteiger partial charge on any atom is -0.409 e. The van der Waals surface area contributed by atoms with Crippen molar-refractivity contribution in [1.29, 1.82) is 0 Å². The predicted molar refractivity (Wildman–Crippen MR) is 78.4 cm³/mol. The van der Waals surface area contributed by atoms with Gasteiger partial charge in [0.05, 0.1) is 11.3 Å². The minimum absolute atomic E-state index is 0.126. The lowest BCUT2D eigenvalue weighted by atomic mass is 9.92. The number of amidine groups is 1. The molecule has 1 aromatic rings. The Kier molecular flexibility index (Phi) is 5.52. The first kappa shape index (κ1) is 16.0. The molecule has 0 heterocycles. The van der Waals surface area contributed by atoms with Crippen molar-refractivity contribution in [3.05, 3.63) is 35.9 Å². The van der Waals surface area contributed by atoms with Gasteiger partial charge in [0.15, 0.2) is 0 Å². The number of nitrogens with two attached hydrogens (primary N) is 2. The molecule has 20 heavy (non-hydrogen) atoms. The Bertz CT molecular complexity index is 471. The molecule has 6 heteroatoms. The van der Waals surface area contributed by atoms with Crippen LogP contribution in [0.4, 0.5) is 0 Å². The lowest BCUT2D eigenvalue weighted by molar-refractivity contribution is -0.125. The van der Waals surface area contributed by atoms with Crippen LogP contribution in [0.3, 0.4) is 0 Å². The maximum atomic E-state index is 11.3. The fourth-order valence-electron chi connectivity index (χ4n) is 1.76. The van der Waals surface area contributed by atoms with Gasteiger partial charge in [-0.25, -0.2) is 0 Å². The van der Waals surface area contributed by atoms with E-state index in [9.17, 15) is 4.79 Å². The van der Waals surface area contributed by atoms with Gasteiger partial charge in [-0.1, -0.05) is 35.5 Å². The zero-order valence-electron chi connectivity index (χ0n) is 11.8. The number of carbonyl (C=O) groups excluding carboxylic acids is 1. The quantitative estimate of drug-likeness (QED) is 0.253. The Hall–Kier alpha value is -2.08. The molecule has 6 N–H and O–H groups in total. The van der Waals surface area contributed by atoms with Gasteiger partial charge in [0, 0.05) is 13.1 Å². The summed E-state index contributed by atoms with van der Waals surface area (Å²) < 4.78 is 0. The van der Waals surface area contributed by atoms with E-state index in [0.717, 1.165) is 5.56 Å². The third kappa shape index (κ3) is 4.24. The summed E-state index contributed by atoms with van der Waals surface area (Å²) in [7, 11) is 0. The van der Waals surface area contributed by atoms with Gasteiger partial charge in [0.1, 0.15) is 5.84 Å². The second kappa shape index (κ2) is 6.91. The minimum atomic E-state index is -0.646. The fraction of sp³-hybridized carbons (Fsp3) is 0.429. The van der Waals surface area contributed by atoms with E-state index in [1.54, 1.807) is 13.8 Å². The van der Waals surface area contributed by atoms with E-state index in [1.165, 1.54) is 0 Å². The lowest BCUT2D eigenvalue weighted by Gasteiger charge is -2.23. The molecule has 1 unspecified atom stereocenters. The number of benzene rings is 1. The second-order valence-electron chi connectivity index (χ2n) is 5.37. The molecule has 0 spiro atoms. The highest BCUT2D eigenvalue weighted by atomic mass is 16.4. The number of carbonyl (C=O) groups is 1. The molecule has 0 fully saturated rings. The SMILES string of the molecule is CC(C)(CNCC(/C(N)=N/O)c1ccccc1)C(N)=O. The van der Waals surface area contributed by atoms with Gasteiger partial charge in [-0.05, 0) is 19.4 Å². The number of primary amides is 1. The van der Waals surface area contributed by atoms with Crippen molar-refractivity contribution >= 4 is 11.7 Å². The van der Waals surface area contributed by atoms with E-state index in [2.05, 4.69) is 10.5 Å². The maximum Gasteiger partial charge on any atom is 0.224 e. The van der Waals surface area contributed by atoms with Crippen molar-refractivity contribution in [3.8, 4) is 0 Å². The number of nitrogens with zero attached hydrogens (tertiary/aromatic N) is 1. The third-order valence-corrected chi connectivity index (χ3v) is 3.26. The number of hydrogen-bond acceptors (Lipinski definition) is 4. The monoisotopic (exact) mass is 278 g/mol. The predicted octanol–water partition coefficient (Wildman–Crippen LogP) is 0.618. The summed E-state index contributed by atoms with van der Waals surface area (Å²) >= 11 is 0. The average Bonchev–Trinajstić information content (AvgIpc) is 2.43. The van der Waals surface area contributed by atoms with Crippen LogP contribution < -0.4 is 16.8 Å². The average molecular weight is 278 g/mol.